The van der Waals surface area contributed by atoms with Crippen LogP contribution in [0.2, 0.25) is 0 Å². The van der Waals surface area contributed by atoms with Crippen molar-refractivity contribution in [2.45, 2.75) is 51.7 Å². The van der Waals surface area contributed by atoms with E-state index >= 15 is 0 Å². The Bertz CT molecular complexity index is 367. The lowest BCUT2D eigenvalue weighted by Crippen LogP contribution is -2.45. The number of hydrogen-bond acceptors (Lipinski definition) is 5. The molecule has 0 radical (unpaired) electrons. The van der Waals surface area contributed by atoms with Crippen LogP contribution in [0.5, 0.6) is 0 Å². The minimum absolute atomic E-state index is 0.0685. The Kier molecular flexibility index (Phi) is 7.78. The fraction of sp³-hybridized carbons (Fsp3) is 0.867. The highest BCUT2D eigenvalue weighted by atomic mass is 16.5. The largest absolute Gasteiger partial charge is 0.396 e. The van der Waals surface area contributed by atoms with Crippen molar-refractivity contribution >= 4 is 11.8 Å². The summed E-state index contributed by atoms with van der Waals surface area (Å²) in [6, 6.07) is 0. The molecule has 0 spiro atoms. The molecule has 4 N–H and O–H groups in total. The van der Waals surface area contributed by atoms with Crippen LogP contribution in [0.3, 0.4) is 0 Å². The Morgan fingerprint density at radius 3 is 2.68 bits per heavy atom. The van der Waals surface area contributed by atoms with E-state index in [2.05, 4.69) is 10.6 Å². The molecule has 0 saturated carbocycles. The number of nitrogens with one attached hydrogen (secondary N) is 2. The third kappa shape index (κ3) is 6.29. The predicted molar refractivity (Wildman–Crippen MR) is 81.1 cm³/mol. The number of aliphatic hydroxyl groups excluding tert-OH is 2. The second kappa shape index (κ2) is 9.07. The molecule has 1 rings (SSSR count). The molecule has 1 saturated heterocycles. The molecule has 128 valence electrons. The van der Waals surface area contributed by atoms with Gasteiger partial charge >= 0.3 is 0 Å². The van der Waals surface area contributed by atoms with Gasteiger partial charge in [0.15, 0.2) is 0 Å². The van der Waals surface area contributed by atoms with Crippen LogP contribution in [-0.4, -0.2) is 60.5 Å². The molecular formula is C15H28N2O5. The lowest BCUT2D eigenvalue weighted by molar-refractivity contribution is -0.137. The maximum absolute atomic E-state index is 11.7. The summed E-state index contributed by atoms with van der Waals surface area (Å²) in [5.74, 6) is -0.597. The van der Waals surface area contributed by atoms with Gasteiger partial charge in [0, 0.05) is 31.5 Å². The predicted octanol–water partition coefficient (Wildman–Crippen LogP) is -0.443. The normalized spacial score (nSPS) is 19.7. The maximum atomic E-state index is 11.7. The van der Waals surface area contributed by atoms with Gasteiger partial charge in [-0.05, 0) is 19.3 Å². The first kappa shape index (κ1) is 18.9. The highest BCUT2D eigenvalue weighted by molar-refractivity contribution is 5.81. The molecule has 2 amide bonds. The molecule has 1 aliphatic rings. The Morgan fingerprint density at radius 2 is 2.09 bits per heavy atom. The number of amides is 2. The minimum atomic E-state index is -1.27. The van der Waals surface area contributed by atoms with Gasteiger partial charge in [-0.3, -0.25) is 9.59 Å². The Morgan fingerprint density at radius 1 is 1.36 bits per heavy atom. The van der Waals surface area contributed by atoms with Crippen molar-refractivity contribution in [3.05, 3.63) is 0 Å². The summed E-state index contributed by atoms with van der Waals surface area (Å²) in [5.41, 5.74) is -0.886. The van der Waals surface area contributed by atoms with Crippen molar-refractivity contribution in [2.75, 3.05) is 26.3 Å². The molecular weight excluding hydrogens is 288 g/mol. The van der Waals surface area contributed by atoms with Gasteiger partial charge in [-0.25, -0.2) is 0 Å². The van der Waals surface area contributed by atoms with Gasteiger partial charge < -0.3 is 25.6 Å². The average molecular weight is 316 g/mol. The van der Waals surface area contributed by atoms with Gasteiger partial charge in [0.25, 0.3) is 0 Å². The zero-order valence-corrected chi connectivity index (χ0v) is 13.4. The second-order valence-electron chi connectivity index (χ2n) is 6.38. The quantitative estimate of drug-likeness (QED) is 0.431. The first-order valence-corrected chi connectivity index (χ1v) is 7.82. The maximum Gasteiger partial charge on any atom is 0.249 e. The Labute approximate surface area is 131 Å². The van der Waals surface area contributed by atoms with Crippen LogP contribution in [0.1, 0.15) is 39.5 Å². The van der Waals surface area contributed by atoms with E-state index < -0.39 is 17.4 Å². The monoisotopic (exact) mass is 316 g/mol. The topological polar surface area (TPSA) is 108 Å². The molecule has 0 aromatic carbocycles. The number of hydrogen-bond donors (Lipinski definition) is 4. The van der Waals surface area contributed by atoms with Crippen molar-refractivity contribution in [1.29, 1.82) is 0 Å². The standard InChI is InChI=1S/C15H28N2O5/c1-15(2,10-18)13(20)14(21)16-7-3-6-12(19)17-9-11-5-4-8-22-11/h11,13,18,20H,3-10H2,1-2H3,(H,16,21)(H,17,19)/t11?,13-/m0/s1. The van der Waals surface area contributed by atoms with Crippen LogP contribution in [0.15, 0.2) is 0 Å². The second-order valence-corrected chi connectivity index (χ2v) is 6.38. The summed E-state index contributed by atoms with van der Waals surface area (Å²) in [4.78, 5) is 23.3. The van der Waals surface area contributed by atoms with Crippen LogP contribution < -0.4 is 10.6 Å². The first-order chi connectivity index (χ1) is 10.4. The molecule has 0 aromatic heterocycles. The van der Waals surface area contributed by atoms with E-state index in [1.54, 1.807) is 13.8 Å². The number of aliphatic hydroxyl groups is 2. The first-order valence-electron chi connectivity index (χ1n) is 7.82. The summed E-state index contributed by atoms with van der Waals surface area (Å²) in [5, 5.41) is 24.3. The van der Waals surface area contributed by atoms with E-state index in [9.17, 15) is 14.7 Å². The third-order valence-electron chi connectivity index (χ3n) is 3.83. The Hall–Kier alpha value is -1.18. The fourth-order valence-electron chi connectivity index (χ4n) is 2.12. The van der Waals surface area contributed by atoms with Crippen molar-refractivity contribution in [2.24, 2.45) is 5.41 Å². The number of rotatable bonds is 9. The van der Waals surface area contributed by atoms with Gasteiger partial charge in [-0.2, -0.15) is 0 Å². The SMILES string of the molecule is CC(C)(CO)[C@@H](O)C(=O)NCCCC(=O)NCC1CCCO1. The van der Waals surface area contributed by atoms with Gasteiger partial charge in [-0.15, -0.1) is 0 Å². The molecule has 0 aromatic rings. The third-order valence-corrected chi connectivity index (χ3v) is 3.83. The van der Waals surface area contributed by atoms with E-state index in [0.29, 0.717) is 25.9 Å². The van der Waals surface area contributed by atoms with Crippen molar-refractivity contribution in [3.8, 4) is 0 Å². The molecule has 22 heavy (non-hydrogen) atoms. The van der Waals surface area contributed by atoms with Crippen molar-refractivity contribution < 1.29 is 24.5 Å². The summed E-state index contributed by atoms with van der Waals surface area (Å²) < 4.78 is 5.41. The molecule has 1 unspecified atom stereocenters. The van der Waals surface area contributed by atoms with Crippen LogP contribution in [-0.2, 0) is 14.3 Å². The van der Waals surface area contributed by atoms with Crippen LogP contribution in [0, 0.1) is 5.41 Å². The highest BCUT2D eigenvalue weighted by Gasteiger charge is 2.32. The van der Waals surface area contributed by atoms with E-state index in [1.807, 2.05) is 0 Å². The average Bonchev–Trinajstić information content (AvgIpc) is 3.01. The summed E-state index contributed by atoms with van der Waals surface area (Å²) in [7, 11) is 0. The van der Waals surface area contributed by atoms with Crippen LogP contribution >= 0.6 is 0 Å². The van der Waals surface area contributed by atoms with Gasteiger partial charge in [0.1, 0.15) is 6.10 Å². The van der Waals surface area contributed by atoms with E-state index in [-0.39, 0.29) is 18.6 Å². The molecule has 1 fully saturated rings. The molecule has 7 nitrogen and oxygen atoms in total. The lowest BCUT2D eigenvalue weighted by Gasteiger charge is -2.27. The van der Waals surface area contributed by atoms with E-state index in [4.69, 9.17) is 9.84 Å². The molecule has 1 heterocycles. The van der Waals surface area contributed by atoms with Crippen molar-refractivity contribution in [3.63, 3.8) is 0 Å². The summed E-state index contributed by atoms with van der Waals surface area (Å²) in [6.07, 6.45) is 1.68. The summed E-state index contributed by atoms with van der Waals surface area (Å²) in [6.45, 7) is 4.54. The minimum Gasteiger partial charge on any atom is -0.396 e. The number of carbonyl (C=O) groups is 2. The fourth-order valence-corrected chi connectivity index (χ4v) is 2.12. The lowest BCUT2D eigenvalue weighted by atomic mass is 9.87. The van der Waals surface area contributed by atoms with Gasteiger partial charge in [-0.1, -0.05) is 13.8 Å². The zero-order chi connectivity index (χ0) is 16.6. The van der Waals surface area contributed by atoms with Crippen molar-refractivity contribution in [1.82, 2.24) is 10.6 Å². The molecule has 7 heteroatoms. The number of carbonyl (C=O) groups excluding carboxylic acids is 2. The van der Waals surface area contributed by atoms with E-state index in [1.165, 1.54) is 0 Å². The van der Waals surface area contributed by atoms with E-state index in [0.717, 1.165) is 19.4 Å². The van der Waals surface area contributed by atoms with Crippen LogP contribution in [0.25, 0.3) is 0 Å². The Balaban J connectivity index is 2.11. The smallest absolute Gasteiger partial charge is 0.249 e. The molecule has 1 aliphatic heterocycles. The molecule has 0 aliphatic carbocycles. The highest BCUT2D eigenvalue weighted by Crippen LogP contribution is 2.19. The number of ether oxygens (including phenoxy) is 1. The molecule has 0 bridgehead atoms. The van der Waals surface area contributed by atoms with Crippen LogP contribution in [0.4, 0.5) is 0 Å². The molecule has 2 atom stereocenters. The summed E-state index contributed by atoms with van der Waals surface area (Å²) >= 11 is 0. The van der Waals surface area contributed by atoms with Gasteiger partial charge in [0.05, 0.1) is 12.7 Å². The van der Waals surface area contributed by atoms with Gasteiger partial charge in [0.2, 0.25) is 11.8 Å². The zero-order valence-electron chi connectivity index (χ0n) is 13.4.